The van der Waals surface area contributed by atoms with Crippen molar-refractivity contribution >= 4 is 11.8 Å². The van der Waals surface area contributed by atoms with Gasteiger partial charge in [0.25, 0.3) is 0 Å². The van der Waals surface area contributed by atoms with E-state index in [0.29, 0.717) is 25.7 Å². The van der Waals surface area contributed by atoms with Gasteiger partial charge in [-0.2, -0.15) is 0 Å². The van der Waals surface area contributed by atoms with E-state index >= 15 is 0 Å². The van der Waals surface area contributed by atoms with Gasteiger partial charge in [0.05, 0.1) is 13.2 Å². The van der Waals surface area contributed by atoms with Crippen molar-refractivity contribution in [3.63, 3.8) is 0 Å². The van der Waals surface area contributed by atoms with Crippen molar-refractivity contribution in [2.45, 2.75) is 40.2 Å². The summed E-state index contributed by atoms with van der Waals surface area (Å²) >= 11 is 0. The number of ether oxygens (including phenoxy) is 2. The minimum Gasteiger partial charge on any atom is -0.480 e. The molecule has 2 atom stereocenters. The van der Waals surface area contributed by atoms with Crippen molar-refractivity contribution in [2.75, 3.05) is 19.8 Å². The Morgan fingerprint density at radius 1 is 1.25 bits per heavy atom. The Hall–Kier alpha value is -1.06. The van der Waals surface area contributed by atoms with Gasteiger partial charge in [0.15, 0.2) is 0 Å². The van der Waals surface area contributed by atoms with Gasteiger partial charge in [-0.15, -0.1) is 0 Å². The van der Waals surface area contributed by atoms with Crippen LogP contribution in [-0.4, -0.2) is 37.6 Å². The molecule has 0 aromatic rings. The van der Waals surface area contributed by atoms with Crippen LogP contribution in [0.3, 0.4) is 0 Å². The molecule has 0 aromatic carbocycles. The lowest BCUT2D eigenvalue weighted by Crippen LogP contribution is -2.34. The van der Waals surface area contributed by atoms with E-state index < -0.39 is 0 Å². The highest BCUT2D eigenvalue weighted by molar-refractivity contribution is 5.92. The molecule has 0 saturated carbocycles. The van der Waals surface area contributed by atoms with Gasteiger partial charge in [-0.05, 0) is 19.8 Å². The second kappa shape index (κ2) is 6.51. The molecule has 1 rings (SSSR count). The molecule has 0 saturated heterocycles. The third kappa shape index (κ3) is 3.22. The van der Waals surface area contributed by atoms with Crippen LogP contribution in [0.1, 0.15) is 34.1 Å². The smallest absolute Gasteiger partial charge is 0.209 e. The molecule has 0 amide bonds. The third-order valence-corrected chi connectivity index (χ3v) is 2.69. The number of rotatable bonds is 4. The Balaban J connectivity index is 2.75. The molecule has 0 aliphatic carbocycles. The Bertz CT molecular complexity index is 274. The lowest BCUT2D eigenvalue weighted by Gasteiger charge is -2.25. The van der Waals surface area contributed by atoms with Gasteiger partial charge in [-0.1, -0.05) is 20.3 Å². The average Bonchev–Trinajstić information content (AvgIpc) is 2.31. The molecular weight excluding hydrogens is 204 g/mol. The molecule has 1 aliphatic heterocycles. The number of hydrogen-bond acceptors (Lipinski definition) is 4. The van der Waals surface area contributed by atoms with E-state index in [9.17, 15) is 0 Å². The van der Waals surface area contributed by atoms with Gasteiger partial charge < -0.3 is 9.47 Å². The Morgan fingerprint density at radius 3 is 2.50 bits per heavy atom. The maximum absolute atomic E-state index is 5.53. The van der Waals surface area contributed by atoms with Crippen molar-refractivity contribution in [2.24, 2.45) is 15.9 Å². The monoisotopic (exact) mass is 226 g/mol. The van der Waals surface area contributed by atoms with Crippen molar-refractivity contribution in [1.82, 2.24) is 0 Å². The van der Waals surface area contributed by atoms with Crippen LogP contribution in [0.5, 0.6) is 0 Å². The zero-order chi connectivity index (χ0) is 12.0. The normalized spacial score (nSPS) is 22.1. The largest absolute Gasteiger partial charge is 0.480 e. The summed E-state index contributed by atoms with van der Waals surface area (Å²) in [6.07, 6.45) is 1.06. The van der Waals surface area contributed by atoms with Crippen molar-refractivity contribution < 1.29 is 9.47 Å². The van der Waals surface area contributed by atoms with Gasteiger partial charge in [0.1, 0.15) is 12.6 Å². The summed E-state index contributed by atoms with van der Waals surface area (Å²) in [5.41, 5.74) is 0. The highest BCUT2D eigenvalue weighted by atomic mass is 16.5. The summed E-state index contributed by atoms with van der Waals surface area (Å²) in [4.78, 5) is 8.99. The number of hydrogen-bond donors (Lipinski definition) is 0. The zero-order valence-electron chi connectivity index (χ0n) is 10.7. The molecule has 0 bridgehead atoms. The molecular formula is C12H22N2O2. The standard InChI is InChI=1S/C12H22N2O2/c1-5-9(4)11-12(16-7-3)13-8-10(14-11)15-6-2/h9,11H,5-8H2,1-4H3. The first-order valence-corrected chi connectivity index (χ1v) is 6.09. The quantitative estimate of drug-likeness (QED) is 0.738. The first kappa shape index (κ1) is 13.0. The van der Waals surface area contributed by atoms with Crippen LogP contribution < -0.4 is 0 Å². The van der Waals surface area contributed by atoms with Crippen LogP contribution in [0.2, 0.25) is 0 Å². The fraction of sp³-hybridized carbons (Fsp3) is 0.833. The number of aliphatic imine (C=N–C) groups is 2. The highest BCUT2D eigenvalue weighted by Gasteiger charge is 2.26. The molecule has 4 nitrogen and oxygen atoms in total. The van der Waals surface area contributed by atoms with Gasteiger partial charge >= 0.3 is 0 Å². The van der Waals surface area contributed by atoms with Gasteiger partial charge in [-0.3, -0.25) is 0 Å². The first-order valence-electron chi connectivity index (χ1n) is 6.09. The number of nitrogens with zero attached hydrogens (tertiary/aromatic N) is 2. The second-order valence-electron chi connectivity index (χ2n) is 3.87. The van der Waals surface area contributed by atoms with E-state index in [2.05, 4.69) is 23.8 Å². The maximum atomic E-state index is 5.53. The van der Waals surface area contributed by atoms with E-state index in [1.807, 2.05) is 13.8 Å². The SMILES string of the molecule is CCOC1=NC(C(C)CC)C(OCC)=NC1. The minimum absolute atomic E-state index is 0.0280. The summed E-state index contributed by atoms with van der Waals surface area (Å²) in [6, 6.07) is 0.0280. The molecule has 0 radical (unpaired) electrons. The van der Waals surface area contributed by atoms with Crippen molar-refractivity contribution in [3.05, 3.63) is 0 Å². The molecule has 1 aliphatic rings. The predicted molar refractivity (Wildman–Crippen MR) is 66.2 cm³/mol. The Morgan fingerprint density at radius 2 is 1.94 bits per heavy atom. The zero-order valence-corrected chi connectivity index (χ0v) is 10.7. The average molecular weight is 226 g/mol. The molecule has 92 valence electrons. The highest BCUT2D eigenvalue weighted by Crippen LogP contribution is 2.17. The molecule has 4 heteroatoms. The molecule has 0 fully saturated rings. The predicted octanol–water partition coefficient (Wildman–Crippen LogP) is 2.28. The van der Waals surface area contributed by atoms with E-state index in [1.165, 1.54) is 0 Å². The summed E-state index contributed by atoms with van der Waals surface area (Å²) in [6.45, 7) is 10.0. The molecule has 0 N–H and O–H groups in total. The lowest BCUT2D eigenvalue weighted by atomic mass is 9.99. The van der Waals surface area contributed by atoms with Crippen LogP contribution in [0.25, 0.3) is 0 Å². The fourth-order valence-electron chi connectivity index (χ4n) is 1.61. The Kier molecular flexibility index (Phi) is 5.29. The van der Waals surface area contributed by atoms with Crippen LogP contribution in [-0.2, 0) is 9.47 Å². The Labute approximate surface area is 97.8 Å². The second-order valence-corrected chi connectivity index (χ2v) is 3.87. The molecule has 0 aromatic heterocycles. The fourth-order valence-corrected chi connectivity index (χ4v) is 1.61. The van der Waals surface area contributed by atoms with Crippen LogP contribution in [0.4, 0.5) is 0 Å². The molecule has 2 unspecified atom stereocenters. The van der Waals surface area contributed by atoms with E-state index in [1.54, 1.807) is 0 Å². The molecule has 0 spiro atoms. The maximum Gasteiger partial charge on any atom is 0.209 e. The van der Waals surface area contributed by atoms with Crippen molar-refractivity contribution in [3.8, 4) is 0 Å². The molecule has 1 heterocycles. The third-order valence-electron chi connectivity index (χ3n) is 2.69. The summed E-state index contributed by atoms with van der Waals surface area (Å²) < 4.78 is 11.0. The summed E-state index contributed by atoms with van der Waals surface area (Å²) in [7, 11) is 0. The van der Waals surface area contributed by atoms with E-state index in [-0.39, 0.29) is 6.04 Å². The van der Waals surface area contributed by atoms with Crippen molar-refractivity contribution in [1.29, 1.82) is 0 Å². The van der Waals surface area contributed by atoms with Crippen LogP contribution in [0, 0.1) is 5.92 Å². The van der Waals surface area contributed by atoms with Gasteiger partial charge in [0, 0.05) is 0 Å². The topological polar surface area (TPSA) is 43.2 Å². The summed E-state index contributed by atoms with van der Waals surface area (Å²) in [5, 5.41) is 0. The first-order chi connectivity index (χ1) is 7.72. The minimum atomic E-state index is 0.0280. The van der Waals surface area contributed by atoms with E-state index in [0.717, 1.165) is 18.2 Å². The lowest BCUT2D eigenvalue weighted by molar-refractivity contribution is 0.281. The molecule has 16 heavy (non-hydrogen) atoms. The van der Waals surface area contributed by atoms with E-state index in [4.69, 9.17) is 9.47 Å². The van der Waals surface area contributed by atoms with Crippen LogP contribution >= 0.6 is 0 Å². The van der Waals surface area contributed by atoms with Crippen LogP contribution in [0.15, 0.2) is 9.98 Å². The van der Waals surface area contributed by atoms with Gasteiger partial charge in [0.2, 0.25) is 11.8 Å². The van der Waals surface area contributed by atoms with Gasteiger partial charge in [-0.25, -0.2) is 9.98 Å². The summed E-state index contributed by atoms with van der Waals surface area (Å²) in [5.74, 6) is 1.93.